The Bertz CT molecular complexity index is 558. The maximum absolute atomic E-state index is 12.8. The average molecular weight is 316 g/mol. The molecule has 1 N–H and O–H groups in total. The molecule has 108 valence electrons. The number of alkyl halides is 3. The molecule has 1 aromatic carbocycles. The first-order valence-electron chi connectivity index (χ1n) is 5.47. The summed E-state index contributed by atoms with van der Waals surface area (Å²) in [4.78, 5) is -0.815. The summed E-state index contributed by atoms with van der Waals surface area (Å²) in [7, 11) is -4.23. The fourth-order valence-corrected chi connectivity index (χ4v) is 3.08. The zero-order chi connectivity index (χ0) is 14.8. The summed E-state index contributed by atoms with van der Waals surface area (Å²) in [6, 6.07) is 2.12. The second-order valence-corrected chi connectivity index (χ2v) is 6.19. The minimum atomic E-state index is -4.79. The van der Waals surface area contributed by atoms with Crippen LogP contribution in [0.15, 0.2) is 23.1 Å². The van der Waals surface area contributed by atoms with Gasteiger partial charge in [-0.2, -0.15) is 13.2 Å². The predicted molar refractivity (Wildman–Crippen MR) is 66.5 cm³/mol. The van der Waals surface area contributed by atoms with E-state index in [9.17, 15) is 21.6 Å². The van der Waals surface area contributed by atoms with E-state index >= 15 is 0 Å². The molecule has 0 unspecified atom stereocenters. The molecule has 19 heavy (non-hydrogen) atoms. The highest BCUT2D eigenvalue weighted by Gasteiger charge is 2.37. The van der Waals surface area contributed by atoms with Crippen molar-refractivity contribution in [1.82, 2.24) is 4.72 Å². The maximum atomic E-state index is 12.8. The molecule has 0 aromatic heterocycles. The SMILES string of the molecule is CC[C@@H](C)NS(=O)(=O)c1ccc(Cl)cc1C(F)(F)F. The Morgan fingerprint density at radius 1 is 1.37 bits per heavy atom. The smallest absolute Gasteiger partial charge is 0.208 e. The van der Waals surface area contributed by atoms with Gasteiger partial charge in [0.25, 0.3) is 0 Å². The van der Waals surface area contributed by atoms with Gasteiger partial charge < -0.3 is 0 Å². The number of hydrogen-bond acceptors (Lipinski definition) is 2. The highest BCUT2D eigenvalue weighted by atomic mass is 35.5. The maximum Gasteiger partial charge on any atom is 0.417 e. The molecule has 0 fully saturated rings. The fourth-order valence-electron chi connectivity index (χ4n) is 1.37. The lowest BCUT2D eigenvalue weighted by molar-refractivity contribution is -0.139. The molecule has 8 heteroatoms. The van der Waals surface area contributed by atoms with Gasteiger partial charge in [0.05, 0.1) is 10.5 Å². The van der Waals surface area contributed by atoms with Crippen molar-refractivity contribution in [2.24, 2.45) is 0 Å². The Balaban J connectivity index is 3.35. The summed E-state index contributed by atoms with van der Waals surface area (Å²) < 4.78 is 64.5. The van der Waals surface area contributed by atoms with Crippen LogP contribution in [0.1, 0.15) is 25.8 Å². The average Bonchev–Trinajstić information content (AvgIpc) is 2.26. The molecule has 0 bridgehead atoms. The third-order valence-corrected chi connectivity index (χ3v) is 4.39. The summed E-state index contributed by atoms with van der Waals surface area (Å²) in [5, 5.41) is -0.171. The molecule has 0 amide bonds. The molecular weight excluding hydrogens is 303 g/mol. The number of benzene rings is 1. The largest absolute Gasteiger partial charge is 0.417 e. The van der Waals surface area contributed by atoms with Crippen LogP contribution in [0.3, 0.4) is 0 Å². The van der Waals surface area contributed by atoms with Gasteiger partial charge in [-0.25, -0.2) is 13.1 Å². The standard InChI is InChI=1S/C11H13ClF3NO2S/c1-3-7(2)16-19(17,18)10-5-4-8(12)6-9(10)11(13,14)15/h4-7,16H,3H2,1-2H3/t7-/m1/s1. The van der Waals surface area contributed by atoms with Crippen LogP contribution in [0.5, 0.6) is 0 Å². The molecule has 0 saturated heterocycles. The Morgan fingerprint density at radius 3 is 2.42 bits per heavy atom. The first-order chi connectivity index (χ1) is 8.58. The van der Waals surface area contributed by atoms with E-state index in [4.69, 9.17) is 11.6 Å². The minimum Gasteiger partial charge on any atom is -0.208 e. The van der Waals surface area contributed by atoms with Crippen LogP contribution in [-0.2, 0) is 16.2 Å². The van der Waals surface area contributed by atoms with E-state index in [-0.39, 0.29) is 5.02 Å². The Morgan fingerprint density at radius 2 is 1.95 bits per heavy atom. The molecular formula is C11H13ClF3NO2S. The third kappa shape index (κ3) is 4.09. The number of nitrogens with one attached hydrogen (secondary N) is 1. The fraction of sp³-hybridized carbons (Fsp3) is 0.455. The molecule has 0 aliphatic rings. The summed E-state index contributed by atoms with van der Waals surface area (Å²) >= 11 is 5.49. The van der Waals surface area contributed by atoms with Crippen LogP contribution in [0.2, 0.25) is 5.02 Å². The van der Waals surface area contributed by atoms with Crippen molar-refractivity contribution in [3.63, 3.8) is 0 Å². The lowest BCUT2D eigenvalue weighted by Crippen LogP contribution is -2.33. The van der Waals surface area contributed by atoms with Gasteiger partial charge >= 0.3 is 6.18 Å². The molecule has 0 aliphatic carbocycles. The zero-order valence-corrected chi connectivity index (χ0v) is 11.8. The molecule has 0 aliphatic heterocycles. The highest BCUT2D eigenvalue weighted by molar-refractivity contribution is 7.89. The Labute approximate surface area is 114 Å². The summed E-state index contributed by atoms with van der Waals surface area (Å²) in [5.41, 5.74) is -1.27. The van der Waals surface area contributed by atoms with Crippen LogP contribution in [0.4, 0.5) is 13.2 Å². The first-order valence-corrected chi connectivity index (χ1v) is 7.33. The molecule has 0 spiro atoms. The van der Waals surface area contributed by atoms with E-state index in [1.54, 1.807) is 13.8 Å². The Kier molecular flexibility index (Phi) is 4.86. The van der Waals surface area contributed by atoms with E-state index in [1.807, 2.05) is 0 Å². The number of halogens is 4. The lowest BCUT2D eigenvalue weighted by Gasteiger charge is -2.16. The van der Waals surface area contributed by atoms with Crippen molar-refractivity contribution in [2.45, 2.75) is 37.4 Å². The van der Waals surface area contributed by atoms with Gasteiger partial charge in [0, 0.05) is 11.1 Å². The summed E-state index contributed by atoms with van der Waals surface area (Å²) in [6.45, 7) is 3.29. The molecule has 0 saturated carbocycles. The van der Waals surface area contributed by atoms with Crippen molar-refractivity contribution in [2.75, 3.05) is 0 Å². The van der Waals surface area contributed by atoms with Gasteiger partial charge in [-0.1, -0.05) is 18.5 Å². The van der Waals surface area contributed by atoms with Crippen LogP contribution in [-0.4, -0.2) is 14.5 Å². The van der Waals surface area contributed by atoms with Crippen LogP contribution >= 0.6 is 11.6 Å². The molecule has 3 nitrogen and oxygen atoms in total. The van der Waals surface area contributed by atoms with E-state index in [2.05, 4.69) is 4.72 Å². The van der Waals surface area contributed by atoms with Crippen molar-refractivity contribution < 1.29 is 21.6 Å². The third-order valence-electron chi connectivity index (χ3n) is 2.51. The second-order valence-electron chi connectivity index (χ2n) is 4.07. The first kappa shape index (κ1) is 16.3. The lowest BCUT2D eigenvalue weighted by atomic mass is 10.2. The molecule has 1 atom stereocenters. The van der Waals surface area contributed by atoms with Crippen LogP contribution in [0.25, 0.3) is 0 Å². The summed E-state index contributed by atoms with van der Waals surface area (Å²) in [6.07, 6.45) is -4.32. The van der Waals surface area contributed by atoms with Gasteiger partial charge in [0.2, 0.25) is 10.0 Å². The second kappa shape index (κ2) is 5.68. The normalized spacial score (nSPS) is 14.4. The van der Waals surface area contributed by atoms with Gasteiger partial charge in [-0.3, -0.25) is 0 Å². The predicted octanol–water partition coefficient (Wildman–Crippen LogP) is 3.44. The molecule has 0 radical (unpaired) electrons. The number of rotatable bonds is 4. The zero-order valence-electron chi connectivity index (χ0n) is 10.3. The van der Waals surface area contributed by atoms with Crippen LogP contribution < -0.4 is 4.72 Å². The van der Waals surface area contributed by atoms with Gasteiger partial charge in [0.15, 0.2) is 0 Å². The molecule has 1 aromatic rings. The number of hydrogen-bond donors (Lipinski definition) is 1. The summed E-state index contributed by atoms with van der Waals surface area (Å²) in [5.74, 6) is 0. The monoisotopic (exact) mass is 315 g/mol. The van der Waals surface area contributed by atoms with E-state index in [0.29, 0.717) is 12.5 Å². The number of sulfonamides is 1. The molecule has 0 heterocycles. The van der Waals surface area contributed by atoms with Crippen molar-refractivity contribution in [3.05, 3.63) is 28.8 Å². The van der Waals surface area contributed by atoms with Gasteiger partial charge in [-0.05, 0) is 31.5 Å². The molecule has 1 rings (SSSR count). The topological polar surface area (TPSA) is 46.2 Å². The van der Waals surface area contributed by atoms with E-state index in [1.165, 1.54) is 0 Å². The quantitative estimate of drug-likeness (QED) is 0.925. The van der Waals surface area contributed by atoms with Crippen molar-refractivity contribution in [3.8, 4) is 0 Å². The van der Waals surface area contributed by atoms with Crippen molar-refractivity contribution >= 4 is 21.6 Å². The van der Waals surface area contributed by atoms with Gasteiger partial charge in [-0.15, -0.1) is 0 Å². The minimum absolute atomic E-state index is 0.171. The highest BCUT2D eigenvalue weighted by Crippen LogP contribution is 2.35. The van der Waals surface area contributed by atoms with E-state index < -0.39 is 32.7 Å². The Hall–Kier alpha value is -0.790. The van der Waals surface area contributed by atoms with Crippen molar-refractivity contribution in [1.29, 1.82) is 0 Å². The van der Waals surface area contributed by atoms with Crippen LogP contribution in [0, 0.1) is 0 Å². The van der Waals surface area contributed by atoms with Gasteiger partial charge in [0.1, 0.15) is 0 Å². The van der Waals surface area contributed by atoms with E-state index in [0.717, 1.165) is 12.1 Å².